The van der Waals surface area contributed by atoms with Gasteiger partial charge in [-0.25, -0.2) is 4.98 Å². The normalized spacial score (nSPS) is 25.3. The van der Waals surface area contributed by atoms with Gasteiger partial charge in [0.25, 0.3) is 0 Å². The molecule has 0 bridgehead atoms. The summed E-state index contributed by atoms with van der Waals surface area (Å²) in [5.41, 5.74) is 1.12. The molecule has 1 saturated heterocycles. The van der Waals surface area contributed by atoms with E-state index in [0.29, 0.717) is 6.04 Å². The summed E-state index contributed by atoms with van der Waals surface area (Å²) in [6.45, 7) is 3.45. The van der Waals surface area contributed by atoms with Gasteiger partial charge in [-0.1, -0.05) is 22.9 Å². The summed E-state index contributed by atoms with van der Waals surface area (Å²) in [7, 11) is 0. The van der Waals surface area contributed by atoms with Gasteiger partial charge >= 0.3 is 0 Å². The standard InChI is InChI=1S/C13H15BrN2S/c1-8-4-5-15-11(6-8)13-16-10-3-2-9(14)7-12(10)17-13/h2-3,7-8,11,15H,4-6H2,1H3. The van der Waals surface area contributed by atoms with Crippen molar-refractivity contribution in [2.75, 3.05) is 6.54 Å². The zero-order chi connectivity index (χ0) is 11.8. The molecule has 0 amide bonds. The van der Waals surface area contributed by atoms with Crippen LogP contribution in [-0.4, -0.2) is 11.5 Å². The van der Waals surface area contributed by atoms with Crippen LogP contribution in [0, 0.1) is 5.92 Å². The molecule has 1 aliphatic heterocycles. The highest BCUT2D eigenvalue weighted by molar-refractivity contribution is 9.10. The third kappa shape index (κ3) is 2.39. The Hall–Kier alpha value is -0.450. The summed E-state index contributed by atoms with van der Waals surface area (Å²) >= 11 is 5.33. The Morgan fingerprint density at radius 3 is 3.18 bits per heavy atom. The van der Waals surface area contributed by atoms with Gasteiger partial charge in [-0.2, -0.15) is 0 Å². The monoisotopic (exact) mass is 310 g/mol. The van der Waals surface area contributed by atoms with Crippen molar-refractivity contribution in [3.63, 3.8) is 0 Å². The molecule has 2 atom stereocenters. The fourth-order valence-corrected chi connectivity index (χ4v) is 3.97. The van der Waals surface area contributed by atoms with Crippen LogP contribution in [0.25, 0.3) is 10.2 Å². The van der Waals surface area contributed by atoms with Gasteiger partial charge < -0.3 is 5.32 Å². The first-order valence-electron chi connectivity index (χ1n) is 6.02. The lowest BCUT2D eigenvalue weighted by Gasteiger charge is -2.26. The number of thiazole rings is 1. The largest absolute Gasteiger partial charge is 0.308 e. The Morgan fingerprint density at radius 2 is 2.35 bits per heavy atom. The number of hydrogen-bond donors (Lipinski definition) is 1. The minimum atomic E-state index is 0.454. The molecule has 2 aromatic rings. The van der Waals surface area contributed by atoms with E-state index in [4.69, 9.17) is 4.98 Å². The highest BCUT2D eigenvalue weighted by Crippen LogP contribution is 2.33. The fraction of sp³-hybridized carbons (Fsp3) is 0.462. The second kappa shape index (κ2) is 4.67. The van der Waals surface area contributed by atoms with Crippen molar-refractivity contribution >= 4 is 37.5 Å². The highest BCUT2D eigenvalue weighted by Gasteiger charge is 2.22. The molecule has 1 fully saturated rings. The first-order chi connectivity index (χ1) is 8.22. The number of fused-ring (bicyclic) bond motifs is 1. The lowest BCUT2D eigenvalue weighted by Crippen LogP contribution is -2.30. The average Bonchev–Trinajstić information content (AvgIpc) is 2.72. The summed E-state index contributed by atoms with van der Waals surface area (Å²) in [5.74, 6) is 0.806. The van der Waals surface area contributed by atoms with Gasteiger partial charge in [0.1, 0.15) is 5.01 Å². The first-order valence-corrected chi connectivity index (χ1v) is 7.62. The van der Waals surface area contributed by atoms with E-state index in [9.17, 15) is 0 Å². The molecule has 0 saturated carbocycles. The smallest absolute Gasteiger partial charge is 0.111 e. The lowest BCUT2D eigenvalue weighted by atomic mass is 9.95. The van der Waals surface area contributed by atoms with E-state index in [0.717, 1.165) is 22.5 Å². The summed E-state index contributed by atoms with van der Waals surface area (Å²) in [5, 5.41) is 4.82. The predicted molar refractivity (Wildman–Crippen MR) is 76.5 cm³/mol. The summed E-state index contributed by atoms with van der Waals surface area (Å²) in [6, 6.07) is 6.76. The minimum absolute atomic E-state index is 0.454. The van der Waals surface area contributed by atoms with E-state index in [1.54, 1.807) is 0 Å². The molecule has 3 rings (SSSR count). The zero-order valence-electron chi connectivity index (χ0n) is 9.74. The van der Waals surface area contributed by atoms with E-state index < -0.39 is 0 Å². The summed E-state index contributed by atoms with van der Waals surface area (Å²) < 4.78 is 2.40. The fourth-order valence-electron chi connectivity index (χ4n) is 2.36. The number of aromatic nitrogens is 1. The van der Waals surface area contributed by atoms with Gasteiger partial charge in [0.2, 0.25) is 0 Å². The number of nitrogens with one attached hydrogen (secondary N) is 1. The third-order valence-electron chi connectivity index (χ3n) is 3.33. The molecular weight excluding hydrogens is 296 g/mol. The van der Waals surface area contributed by atoms with Crippen molar-refractivity contribution in [1.29, 1.82) is 0 Å². The van der Waals surface area contributed by atoms with Gasteiger partial charge in [-0.15, -0.1) is 11.3 Å². The van der Waals surface area contributed by atoms with E-state index in [2.05, 4.69) is 46.4 Å². The van der Waals surface area contributed by atoms with Crippen LogP contribution in [0.5, 0.6) is 0 Å². The Morgan fingerprint density at radius 1 is 1.47 bits per heavy atom. The van der Waals surface area contributed by atoms with Crippen LogP contribution >= 0.6 is 27.3 Å². The SMILES string of the molecule is CC1CCNC(c2nc3ccc(Br)cc3s2)C1. The number of nitrogens with zero attached hydrogens (tertiary/aromatic N) is 1. The lowest BCUT2D eigenvalue weighted by molar-refractivity contribution is 0.325. The van der Waals surface area contributed by atoms with Crippen molar-refractivity contribution in [2.24, 2.45) is 5.92 Å². The highest BCUT2D eigenvalue weighted by atomic mass is 79.9. The molecule has 2 heterocycles. The van der Waals surface area contributed by atoms with E-state index in [-0.39, 0.29) is 0 Å². The van der Waals surface area contributed by atoms with Crippen LogP contribution in [0.15, 0.2) is 22.7 Å². The molecule has 2 nitrogen and oxygen atoms in total. The molecule has 90 valence electrons. The average molecular weight is 311 g/mol. The van der Waals surface area contributed by atoms with Crippen LogP contribution in [-0.2, 0) is 0 Å². The first kappa shape index (κ1) is 11.6. The van der Waals surface area contributed by atoms with Crippen LogP contribution in [0.1, 0.15) is 30.8 Å². The molecule has 1 aliphatic rings. The minimum Gasteiger partial charge on any atom is -0.308 e. The number of rotatable bonds is 1. The van der Waals surface area contributed by atoms with E-state index >= 15 is 0 Å². The summed E-state index contributed by atoms with van der Waals surface area (Å²) in [4.78, 5) is 4.75. The number of halogens is 1. The van der Waals surface area contributed by atoms with Crippen molar-refractivity contribution < 1.29 is 0 Å². The van der Waals surface area contributed by atoms with Gasteiger partial charge in [-0.3, -0.25) is 0 Å². The molecule has 1 aromatic heterocycles. The molecule has 2 unspecified atom stereocenters. The van der Waals surface area contributed by atoms with E-state index in [1.807, 2.05) is 11.3 Å². The van der Waals surface area contributed by atoms with Crippen molar-refractivity contribution in [1.82, 2.24) is 10.3 Å². The van der Waals surface area contributed by atoms with Gasteiger partial charge in [-0.05, 0) is 43.5 Å². The molecule has 1 N–H and O–H groups in total. The predicted octanol–water partition coefficient (Wildman–Crippen LogP) is 4.12. The molecule has 0 radical (unpaired) electrons. The summed E-state index contributed by atoms with van der Waals surface area (Å²) in [6.07, 6.45) is 2.49. The van der Waals surface area contributed by atoms with Crippen molar-refractivity contribution in [2.45, 2.75) is 25.8 Å². The molecule has 0 spiro atoms. The maximum absolute atomic E-state index is 4.75. The van der Waals surface area contributed by atoms with Crippen molar-refractivity contribution in [3.05, 3.63) is 27.7 Å². The second-order valence-corrected chi connectivity index (χ2v) is 6.78. The Labute approximate surface area is 114 Å². The van der Waals surface area contributed by atoms with Crippen molar-refractivity contribution in [3.8, 4) is 0 Å². The molecule has 0 aliphatic carbocycles. The Kier molecular flexibility index (Phi) is 3.19. The zero-order valence-corrected chi connectivity index (χ0v) is 12.1. The van der Waals surface area contributed by atoms with Crippen LogP contribution in [0.4, 0.5) is 0 Å². The van der Waals surface area contributed by atoms with Gasteiger partial charge in [0, 0.05) is 4.47 Å². The topological polar surface area (TPSA) is 24.9 Å². The van der Waals surface area contributed by atoms with Gasteiger partial charge in [0.15, 0.2) is 0 Å². The second-order valence-electron chi connectivity index (χ2n) is 4.80. The van der Waals surface area contributed by atoms with Gasteiger partial charge in [0.05, 0.1) is 16.3 Å². The van der Waals surface area contributed by atoms with Crippen LogP contribution in [0.3, 0.4) is 0 Å². The number of benzene rings is 1. The third-order valence-corrected chi connectivity index (χ3v) is 4.96. The Balaban J connectivity index is 1.94. The molecule has 1 aromatic carbocycles. The van der Waals surface area contributed by atoms with E-state index in [1.165, 1.54) is 22.5 Å². The van der Waals surface area contributed by atoms with Crippen LogP contribution in [0.2, 0.25) is 0 Å². The molecule has 4 heteroatoms. The number of piperidine rings is 1. The molecule has 17 heavy (non-hydrogen) atoms. The quantitative estimate of drug-likeness (QED) is 0.857. The van der Waals surface area contributed by atoms with Crippen LogP contribution < -0.4 is 5.32 Å². The number of hydrogen-bond acceptors (Lipinski definition) is 3. The Bertz CT molecular complexity index is 537. The maximum atomic E-state index is 4.75. The molecular formula is C13H15BrN2S. The maximum Gasteiger partial charge on any atom is 0.111 e.